The smallest absolute Gasteiger partial charge is 0.255 e. The van der Waals surface area contributed by atoms with Crippen LogP contribution in [0, 0.1) is 0 Å². The average Bonchev–Trinajstić information content (AvgIpc) is 2.58. The van der Waals surface area contributed by atoms with Crippen LogP contribution < -0.4 is 9.62 Å². The molecule has 1 aliphatic heterocycles. The Morgan fingerprint density at radius 2 is 1.72 bits per heavy atom. The van der Waals surface area contributed by atoms with Crippen LogP contribution in [-0.4, -0.2) is 26.6 Å². The number of anilines is 2. The molecule has 0 radical (unpaired) electrons. The number of nitrogens with one attached hydrogen (secondary N) is 1. The van der Waals surface area contributed by atoms with Gasteiger partial charge >= 0.3 is 0 Å². The van der Waals surface area contributed by atoms with E-state index in [4.69, 9.17) is 23.2 Å². The lowest BCUT2D eigenvalue weighted by Crippen LogP contribution is -2.37. The second-order valence-electron chi connectivity index (χ2n) is 5.70. The first-order chi connectivity index (χ1) is 11.9. The van der Waals surface area contributed by atoms with E-state index in [1.165, 1.54) is 4.31 Å². The van der Waals surface area contributed by atoms with Gasteiger partial charge in [0.1, 0.15) is 0 Å². The van der Waals surface area contributed by atoms with Gasteiger partial charge in [-0.05, 0) is 43.2 Å². The highest BCUT2D eigenvalue weighted by atomic mass is 35.5. The lowest BCUT2D eigenvalue weighted by Gasteiger charge is -2.28. The Kier molecular flexibility index (Phi) is 5.22. The van der Waals surface area contributed by atoms with E-state index in [1.54, 1.807) is 42.5 Å². The van der Waals surface area contributed by atoms with Gasteiger partial charge in [0.05, 0.1) is 27.2 Å². The Bertz CT molecular complexity index is 896. The lowest BCUT2D eigenvalue weighted by molar-refractivity contribution is 0.102. The zero-order valence-corrected chi connectivity index (χ0v) is 15.5. The van der Waals surface area contributed by atoms with Gasteiger partial charge in [-0.1, -0.05) is 35.3 Å². The molecule has 1 fully saturated rings. The topological polar surface area (TPSA) is 66.5 Å². The maximum Gasteiger partial charge on any atom is 0.255 e. The number of benzene rings is 2. The second-order valence-corrected chi connectivity index (χ2v) is 8.52. The van der Waals surface area contributed by atoms with Crippen molar-refractivity contribution in [1.29, 1.82) is 0 Å². The van der Waals surface area contributed by atoms with Gasteiger partial charge in [-0.3, -0.25) is 9.10 Å². The molecule has 5 nitrogen and oxygen atoms in total. The van der Waals surface area contributed by atoms with Crippen LogP contribution in [0.25, 0.3) is 0 Å². The number of sulfonamides is 1. The Hall–Kier alpha value is -1.76. The first-order valence-corrected chi connectivity index (χ1v) is 10.1. The highest BCUT2D eigenvalue weighted by Crippen LogP contribution is 2.31. The number of rotatable bonds is 3. The minimum absolute atomic E-state index is 0.124. The third-order valence-corrected chi connectivity index (χ3v) is 6.45. The molecule has 3 rings (SSSR count). The minimum Gasteiger partial charge on any atom is -0.319 e. The van der Waals surface area contributed by atoms with Crippen molar-refractivity contribution in [2.24, 2.45) is 0 Å². The number of nitrogens with zero attached hydrogens (tertiary/aromatic N) is 1. The van der Waals surface area contributed by atoms with Crippen LogP contribution in [0.3, 0.4) is 0 Å². The Morgan fingerprint density at radius 3 is 2.40 bits per heavy atom. The molecule has 1 heterocycles. The quantitative estimate of drug-likeness (QED) is 0.842. The fraction of sp³-hybridized carbons (Fsp3) is 0.235. The monoisotopic (exact) mass is 398 g/mol. The van der Waals surface area contributed by atoms with Crippen LogP contribution in [0.15, 0.2) is 42.5 Å². The normalized spacial score (nSPS) is 16.5. The second kappa shape index (κ2) is 7.23. The highest BCUT2D eigenvalue weighted by molar-refractivity contribution is 7.92. The molecule has 0 unspecified atom stereocenters. The molecule has 0 aliphatic carbocycles. The highest BCUT2D eigenvalue weighted by Gasteiger charge is 2.26. The van der Waals surface area contributed by atoms with Gasteiger partial charge in [0, 0.05) is 12.1 Å². The van der Waals surface area contributed by atoms with Crippen LogP contribution in [0.4, 0.5) is 11.4 Å². The van der Waals surface area contributed by atoms with Gasteiger partial charge < -0.3 is 5.32 Å². The van der Waals surface area contributed by atoms with E-state index in [1.807, 2.05) is 0 Å². The summed E-state index contributed by atoms with van der Waals surface area (Å²) in [5.74, 6) is -0.287. The SMILES string of the molecule is O=C(Nc1c(Cl)cccc1Cl)c1cccc(N2CCCCS2(=O)=O)c1. The number of hydrogen-bond acceptors (Lipinski definition) is 3. The first kappa shape index (κ1) is 18.0. The summed E-state index contributed by atoms with van der Waals surface area (Å²) in [6, 6.07) is 11.4. The van der Waals surface area contributed by atoms with E-state index in [2.05, 4.69) is 5.32 Å². The Balaban J connectivity index is 1.87. The van der Waals surface area contributed by atoms with Crippen molar-refractivity contribution in [2.75, 3.05) is 21.9 Å². The van der Waals surface area contributed by atoms with Gasteiger partial charge in [-0.25, -0.2) is 8.42 Å². The van der Waals surface area contributed by atoms with Crippen LogP contribution in [-0.2, 0) is 10.0 Å². The largest absolute Gasteiger partial charge is 0.319 e. The zero-order chi connectivity index (χ0) is 18.0. The van der Waals surface area contributed by atoms with E-state index in [-0.39, 0.29) is 5.75 Å². The molecule has 1 saturated heterocycles. The third-order valence-electron chi connectivity index (χ3n) is 3.95. The van der Waals surface area contributed by atoms with Crippen molar-refractivity contribution in [1.82, 2.24) is 0 Å². The number of carbonyl (C=O) groups excluding carboxylic acids is 1. The molecule has 0 aromatic heterocycles. The summed E-state index contributed by atoms with van der Waals surface area (Å²) in [6.45, 7) is 0.420. The van der Waals surface area contributed by atoms with Gasteiger partial charge in [0.25, 0.3) is 5.91 Å². The fourth-order valence-corrected chi connectivity index (χ4v) is 4.81. The summed E-state index contributed by atoms with van der Waals surface area (Å²) in [6.07, 6.45) is 1.45. The minimum atomic E-state index is -3.33. The van der Waals surface area contributed by atoms with Crippen molar-refractivity contribution in [3.8, 4) is 0 Å². The van der Waals surface area contributed by atoms with Crippen molar-refractivity contribution >= 4 is 50.5 Å². The summed E-state index contributed by atoms with van der Waals surface area (Å²) < 4.78 is 25.8. The molecule has 0 spiro atoms. The molecular formula is C17H16Cl2N2O3S. The molecule has 0 atom stereocenters. The van der Waals surface area contributed by atoms with E-state index in [9.17, 15) is 13.2 Å². The predicted molar refractivity (Wildman–Crippen MR) is 101 cm³/mol. The zero-order valence-electron chi connectivity index (χ0n) is 13.2. The maximum atomic E-state index is 12.5. The predicted octanol–water partition coefficient (Wildman–Crippen LogP) is 4.18. The van der Waals surface area contributed by atoms with E-state index in [0.29, 0.717) is 39.9 Å². The average molecular weight is 399 g/mol. The number of hydrogen-bond donors (Lipinski definition) is 1. The molecule has 25 heavy (non-hydrogen) atoms. The summed E-state index contributed by atoms with van der Waals surface area (Å²) in [5.41, 5.74) is 1.14. The molecule has 2 aromatic rings. The molecule has 132 valence electrons. The fourth-order valence-electron chi connectivity index (χ4n) is 2.68. The van der Waals surface area contributed by atoms with Crippen LogP contribution >= 0.6 is 23.2 Å². The summed E-state index contributed by atoms with van der Waals surface area (Å²) in [5, 5.41) is 3.33. The summed E-state index contributed by atoms with van der Waals surface area (Å²) in [7, 11) is -3.33. The summed E-state index contributed by atoms with van der Waals surface area (Å²) >= 11 is 12.1. The number of para-hydroxylation sites is 1. The molecule has 1 N–H and O–H groups in total. The van der Waals surface area contributed by atoms with Crippen molar-refractivity contribution in [3.05, 3.63) is 58.1 Å². The molecule has 1 amide bonds. The van der Waals surface area contributed by atoms with Crippen LogP contribution in [0.2, 0.25) is 10.0 Å². The maximum absolute atomic E-state index is 12.5. The third kappa shape index (κ3) is 3.92. The number of amides is 1. The molecule has 0 saturated carbocycles. The van der Waals surface area contributed by atoms with Crippen molar-refractivity contribution < 1.29 is 13.2 Å². The lowest BCUT2D eigenvalue weighted by atomic mass is 10.1. The van der Waals surface area contributed by atoms with E-state index in [0.717, 1.165) is 6.42 Å². The molecule has 8 heteroatoms. The van der Waals surface area contributed by atoms with Crippen molar-refractivity contribution in [3.63, 3.8) is 0 Å². The molecular weight excluding hydrogens is 383 g/mol. The van der Waals surface area contributed by atoms with Crippen molar-refractivity contribution in [2.45, 2.75) is 12.8 Å². The number of halogens is 2. The van der Waals surface area contributed by atoms with E-state index < -0.39 is 15.9 Å². The standard InChI is InChI=1S/C17H16Cl2N2O3S/c18-14-7-4-8-15(19)16(14)20-17(22)12-5-3-6-13(11-12)21-9-1-2-10-25(21,23)24/h3-8,11H,1-2,9-10H2,(H,20,22). The van der Waals surface area contributed by atoms with Gasteiger partial charge in [0.2, 0.25) is 10.0 Å². The number of carbonyl (C=O) groups is 1. The molecule has 1 aliphatic rings. The van der Waals surface area contributed by atoms with Gasteiger partial charge in [0.15, 0.2) is 0 Å². The van der Waals surface area contributed by atoms with Crippen LogP contribution in [0.1, 0.15) is 23.2 Å². The Labute approximate surface area is 156 Å². The van der Waals surface area contributed by atoms with Gasteiger partial charge in [-0.2, -0.15) is 0 Å². The van der Waals surface area contributed by atoms with E-state index >= 15 is 0 Å². The molecule has 2 aromatic carbocycles. The van der Waals surface area contributed by atoms with Crippen LogP contribution in [0.5, 0.6) is 0 Å². The summed E-state index contributed by atoms with van der Waals surface area (Å²) in [4.78, 5) is 12.5. The van der Waals surface area contributed by atoms with Gasteiger partial charge in [-0.15, -0.1) is 0 Å². The first-order valence-electron chi connectivity index (χ1n) is 7.74. The Morgan fingerprint density at radius 1 is 1.04 bits per heavy atom. The molecule has 0 bridgehead atoms.